The Kier molecular flexibility index (Phi) is 4.31. The second-order valence-electron chi connectivity index (χ2n) is 4.52. The van der Waals surface area contributed by atoms with Gasteiger partial charge in [-0.2, -0.15) is 5.10 Å². The van der Waals surface area contributed by atoms with Crippen molar-refractivity contribution < 1.29 is 26.4 Å². The molecule has 1 fully saturated rings. The Labute approximate surface area is 126 Å². The summed E-state index contributed by atoms with van der Waals surface area (Å²) < 4.78 is 52.2. The summed E-state index contributed by atoms with van der Waals surface area (Å²) in [7, 11) is -2.17. The van der Waals surface area contributed by atoms with Crippen molar-refractivity contribution in [2.24, 2.45) is 0 Å². The molecule has 1 atom stereocenters. The number of esters is 1. The number of hydrogen-bond acceptors (Lipinski definition) is 7. The first-order valence-electron chi connectivity index (χ1n) is 6.05. The maximum atomic E-state index is 11.8. The lowest BCUT2D eigenvalue weighted by atomic mass is 10.3. The molecule has 11 heteroatoms. The predicted octanol–water partition coefficient (Wildman–Crippen LogP) is 0.347. The van der Waals surface area contributed by atoms with Crippen LogP contribution in [0.5, 0.6) is 0 Å². The summed E-state index contributed by atoms with van der Waals surface area (Å²) in [5.41, 5.74) is -0.295. The maximum absolute atomic E-state index is 11.8. The zero-order valence-corrected chi connectivity index (χ0v) is 13.4. The molecule has 1 aliphatic rings. The summed E-state index contributed by atoms with van der Waals surface area (Å²) in [6.07, 6.45) is 1.24. The third kappa shape index (κ3) is 3.38. The monoisotopic (exact) mass is 356 g/mol. The van der Waals surface area contributed by atoms with Crippen LogP contribution in [0.3, 0.4) is 0 Å². The van der Waals surface area contributed by atoms with Crippen molar-refractivity contribution >= 4 is 35.5 Å². The third-order valence-corrected chi connectivity index (χ3v) is 6.09. The Bertz CT molecular complexity index is 767. The number of nitrogens with zero attached hydrogens (tertiary/aromatic N) is 2. The molecule has 1 aliphatic heterocycles. The summed E-state index contributed by atoms with van der Waals surface area (Å²) in [5, 5.41) is 3.30. The molecule has 0 radical (unpaired) electrons. The first kappa shape index (κ1) is 16.2. The molecule has 1 aromatic heterocycles. The lowest BCUT2D eigenvalue weighted by Crippen LogP contribution is -2.18. The fraction of sp³-hybridized carbons (Fsp3) is 0.600. The molecule has 0 spiro atoms. The Hall–Kier alpha value is -1.13. The number of sulfone groups is 1. The number of carbonyl (C=O) groups excluding carboxylic acids is 1. The van der Waals surface area contributed by atoms with Gasteiger partial charge < -0.3 is 4.74 Å². The van der Waals surface area contributed by atoms with Crippen LogP contribution >= 0.6 is 10.7 Å². The van der Waals surface area contributed by atoms with Gasteiger partial charge in [0.15, 0.2) is 14.9 Å². The van der Waals surface area contributed by atoms with Crippen molar-refractivity contribution in [1.29, 1.82) is 0 Å². The number of rotatable bonds is 4. The highest BCUT2D eigenvalue weighted by Gasteiger charge is 2.36. The SMILES string of the molecule is CCOC(=O)c1cnn(C2CCS(=O)(=O)C2)c1S(=O)(=O)Cl. The summed E-state index contributed by atoms with van der Waals surface area (Å²) in [4.78, 5) is 11.8. The van der Waals surface area contributed by atoms with Crippen LogP contribution in [0, 0.1) is 0 Å². The summed E-state index contributed by atoms with van der Waals surface area (Å²) in [5.74, 6) is -1.17. The molecule has 118 valence electrons. The van der Waals surface area contributed by atoms with E-state index in [0.29, 0.717) is 0 Å². The second-order valence-corrected chi connectivity index (χ2v) is 9.23. The van der Waals surface area contributed by atoms with Crippen LogP contribution in [-0.2, 0) is 23.6 Å². The molecule has 0 bridgehead atoms. The van der Waals surface area contributed by atoms with E-state index in [4.69, 9.17) is 15.4 Å². The highest BCUT2D eigenvalue weighted by Crippen LogP contribution is 2.29. The lowest BCUT2D eigenvalue weighted by Gasteiger charge is -2.12. The minimum Gasteiger partial charge on any atom is -0.462 e. The Morgan fingerprint density at radius 3 is 2.71 bits per heavy atom. The van der Waals surface area contributed by atoms with Crippen LogP contribution in [0.4, 0.5) is 0 Å². The molecular weight excluding hydrogens is 344 g/mol. The molecule has 0 saturated carbocycles. The van der Waals surface area contributed by atoms with E-state index in [2.05, 4.69) is 5.10 Å². The van der Waals surface area contributed by atoms with Crippen LogP contribution in [0.2, 0.25) is 0 Å². The van der Waals surface area contributed by atoms with Crippen LogP contribution in [0.15, 0.2) is 11.2 Å². The van der Waals surface area contributed by atoms with Crippen molar-refractivity contribution in [2.45, 2.75) is 24.4 Å². The minimum atomic E-state index is -4.28. The fourth-order valence-electron chi connectivity index (χ4n) is 2.17. The van der Waals surface area contributed by atoms with E-state index in [0.717, 1.165) is 10.9 Å². The standard InChI is InChI=1S/C10H13ClN2O6S2/c1-2-19-10(14)8-5-12-13(9(8)21(11,17)18)7-3-4-20(15,16)6-7/h5,7H,2-4,6H2,1H3. The summed E-state index contributed by atoms with van der Waals surface area (Å²) in [6.45, 7) is 1.63. The first-order chi connectivity index (χ1) is 9.65. The molecular formula is C10H13ClN2O6S2. The van der Waals surface area contributed by atoms with Crippen LogP contribution in [0.25, 0.3) is 0 Å². The minimum absolute atomic E-state index is 0.0591. The maximum Gasteiger partial charge on any atom is 0.342 e. The Morgan fingerprint density at radius 1 is 1.57 bits per heavy atom. The number of hydrogen-bond donors (Lipinski definition) is 0. The molecule has 0 aliphatic carbocycles. The first-order valence-corrected chi connectivity index (χ1v) is 10.2. The van der Waals surface area contributed by atoms with Gasteiger partial charge in [-0.1, -0.05) is 0 Å². The fourth-order valence-corrected chi connectivity index (χ4v) is 5.14. The van der Waals surface area contributed by atoms with Gasteiger partial charge in [0.2, 0.25) is 0 Å². The van der Waals surface area contributed by atoms with E-state index >= 15 is 0 Å². The highest BCUT2D eigenvalue weighted by atomic mass is 35.7. The number of aromatic nitrogens is 2. The van der Waals surface area contributed by atoms with Crippen molar-refractivity contribution in [3.63, 3.8) is 0 Å². The quantitative estimate of drug-likeness (QED) is 0.565. The number of halogens is 1. The van der Waals surface area contributed by atoms with E-state index in [1.807, 2.05) is 0 Å². The van der Waals surface area contributed by atoms with Gasteiger partial charge in [0.25, 0.3) is 9.05 Å². The molecule has 0 aromatic carbocycles. The lowest BCUT2D eigenvalue weighted by molar-refractivity contribution is 0.0521. The van der Waals surface area contributed by atoms with Crippen LogP contribution in [-0.4, -0.2) is 50.7 Å². The topological polar surface area (TPSA) is 112 Å². The van der Waals surface area contributed by atoms with Gasteiger partial charge in [0, 0.05) is 10.7 Å². The Balaban J connectivity index is 2.51. The molecule has 8 nitrogen and oxygen atoms in total. The van der Waals surface area contributed by atoms with Crippen molar-refractivity contribution in [2.75, 3.05) is 18.1 Å². The molecule has 0 N–H and O–H groups in total. The summed E-state index contributed by atoms with van der Waals surface area (Å²) in [6, 6.07) is -0.665. The average molecular weight is 357 g/mol. The molecule has 0 amide bonds. The molecule has 2 heterocycles. The van der Waals surface area contributed by atoms with Crippen LogP contribution < -0.4 is 0 Å². The van der Waals surface area contributed by atoms with Gasteiger partial charge in [-0.15, -0.1) is 0 Å². The average Bonchev–Trinajstić information content (AvgIpc) is 2.91. The van der Waals surface area contributed by atoms with Crippen LogP contribution in [0.1, 0.15) is 29.7 Å². The largest absolute Gasteiger partial charge is 0.462 e. The third-order valence-electron chi connectivity index (χ3n) is 3.03. The van der Waals surface area contributed by atoms with E-state index in [9.17, 15) is 21.6 Å². The van der Waals surface area contributed by atoms with Gasteiger partial charge in [0.05, 0.1) is 30.4 Å². The molecule has 21 heavy (non-hydrogen) atoms. The normalized spacial score (nSPS) is 21.3. The smallest absolute Gasteiger partial charge is 0.342 e. The zero-order chi connectivity index (χ0) is 15.8. The molecule has 1 saturated heterocycles. The molecule has 1 unspecified atom stereocenters. The van der Waals surface area contributed by atoms with Gasteiger partial charge in [-0.05, 0) is 13.3 Å². The van der Waals surface area contributed by atoms with E-state index in [1.54, 1.807) is 6.92 Å². The second kappa shape index (κ2) is 5.58. The van der Waals surface area contributed by atoms with E-state index in [1.165, 1.54) is 0 Å². The van der Waals surface area contributed by atoms with Gasteiger partial charge in [0.1, 0.15) is 5.56 Å². The molecule has 2 rings (SSSR count). The van der Waals surface area contributed by atoms with Crippen molar-refractivity contribution in [1.82, 2.24) is 9.78 Å². The zero-order valence-electron chi connectivity index (χ0n) is 11.0. The van der Waals surface area contributed by atoms with Gasteiger partial charge in [-0.3, -0.25) is 0 Å². The highest BCUT2D eigenvalue weighted by molar-refractivity contribution is 8.13. The number of ether oxygens (including phenoxy) is 1. The number of carbonyl (C=O) groups is 1. The van der Waals surface area contributed by atoms with Crippen molar-refractivity contribution in [3.8, 4) is 0 Å². The summed E-state index contributed by atoms with van der Waals surface area (Å²) >= 11 is 0. The Morgan fingerprint density at radius 2 is 2.24 bits per heavy atom. The van der Waals surface area contributed by atoms with Gasteiger partial charge in [-0.25, -0.2) is 26.3 Å². The predicted molar refractivity (Wildman–Crippen MR) is 73.5 cm³/mol. The van der Waals surface area contributed by atoms with E-state index in [-0.39, 0.29) is 30.1 Å². The van der Waals surface area contributed by atoms with E-state index < -0.39 is 35.9 Å². The van der Waals surface area contributed by atoms with Gasteiger partial charge >= 0.3 is 5.97 Å². The molecule has 1 aromatic rings. The van der Waals surface area contributed by atoms with Crippen molar-refractivity contribution in [3.05, 3.63) is 11.8 Å².